The molecule has 0 aromatic heterocycles. The van der Waals surface area contributed by atoms with Gasteiger partial charge in [-0.1, -0.05) is 30.3 Å². The third-order valence-corrected chi connectivity index (χ3v) is 3.77. The Morgan fingerprint density at radius 1 is 1.12 bits per heavy atom. The van der Waals surface area contributed by atoms with Crippen molar-refractivity contribution < 1.29 is 32.2 Å². The molecule has 26 heavy (non-hydrogen) atoms. The maximum absolute atomic E-state index is 12.9. The van der Waals surface area contributed by atoms with E-state index in [1.54, 1.807) is 24.3 Å². The van der Waals surface area contributed by atoms with Crippen molar-refractivity contribution in [2.24, 2.45) is 0 Å². The number of alkyl halides is 3. The van der Waals surface area contributed by atoms with Gasteiger partial charge in [-0.05, 0) is 18.2 Å². The van der Waals surface area contributed by atoms with Crippen LogP contribution in [0.3, 0.4) is 0 Å². The lowest BCUT2D eigenvalue weighted by Gasteiger charge is -2.25. The lowest BCUT2D eigenvalue weighted by atomic mass is 10.1. The Morgan fingerprint density at radius 3 is 2.58 bits per heavy atom. The summed E-state index contributed by atoms with van der Waals surface area (Å²) in [6, 6.07) is 11.5. The molecule has 1 N–H and O–H groups in total. The molecule has 0 saturated heterocycles. The van der Waals surface area contributed by atoms with Gasteiger partial charge in [-0.15, -0.1) is 0 Å². The third kappa shape index (κ3) is 3.96. The van der Waals surface area contributed by atoms with Crippen LogP contribution in [0.2, 0.25) is 0 Å². The average Bonchev–Trinajstić information content (AvgIpc) is 2.60. The SMILES string of the molecule is O=C(C[C@H]1Oc2ccccc2NC1=O)OCc1ccccc1C(F)(F)F. The lowest BCUT2D eigenvalue weighted by molar-refractivity contribution is -0.150. The Balaban J connectivity index is 1.61. The summed E-state index contributed by atoms with van der Waals surface area (Å²) in [5, 5.41) is 2.60. The molecule has 0 spiro atoms. The number of amides is 1. The molecule has 8 heteroatoms. The minimum atomic E-state index is -4.54. The van der Waals surface area contributed by atoms with Crippen LogP contribution < -0.4 is 10.1 Å². The first-order valence-electron chi connectivity index (χ1n) is 7.72. The van der Waals surface area contributed by atoms with Crippen molar-refractivity contribution >= 4 is 17.6 Å². The van der Waals surface area contributed by atoms with Gasteiger partial charge in [-0.2, -0.15) is 13.2 Å². The number of anilines is 1. The molecule has 0 unspecified atom stereocenters. The minimum Gasteiger partial charge on any atom is -0.478 e. The van der Waals surface area contributed by atoms with E-state index >= 15 is 0 Å². The second kappa shape index (κ2) is 7.07. The summed E-state index contributed by atoms with van der Waals surface area (Å²) in [5.41, 5.74) is -0.540. The van der Waals surface area contributed by atoms with Crippen molar-refractivity contribution in [3.05, 3.63) is 59.7 Å². The number of rotatable bonds is 4. The maximum atomic E-state index is 12.9. The summed E-state index contributed by atoms with van der Waals surface area (Å²) in [7, 11) is 0. The molecule has 2 aromatic rings. The Labute approximate surface area is 146 Å². The molecule has 5 nitrogen and oxygen atoms in total. The van der Waals surface area contributed by atoms with E-state index in [2.05, 4.69) is 5.32 Å². The van der Waals surface area contributed by atoms with E-state index in [0.29, 0.717) is 11.4 Å². The van der Waals surface area contributed by atoms with Crippen LogP contribution in [-0.4, -0.2) is 18.0 Å². The zero-order valence-corrected chi connectivity index (χ0v) is 13.4. The fourth-order valence-corrected chi connectivity index (χ4v) is 2.52. The number of hydrogen-bond donors (Lipinski definition) is 1. The van der Waals surface area contributed by atoms with Gasteiger partial charge >= 0.3 is 12.1 Å². The number of hydrogen-bond acceptors (Lipinski definition) is 4. The van der Waals surface area contributed by atoms with E-state index in [1.165, 1.54) is 18.2 Å². The van der Waals surface area contributed by atoms with Crippen molar-refractivity contribution in [3.63, 3.8) is 0 Å². The van der Waals surface area contributed by atoms with Crippen LogP contribution in [0.15, 0.2) is 48.5 Å². The predicted octanol–water partition coefficient (Wildman–Crippen LogP) is 3.54. The molecule has 1 aliphatic heterocycles. The van der Waals surface area contributed by atoms with Crippen LogP contribution in [0.1, 0.15) is 17.5 Å². The molecule has 0 fully saturated rings. The number of fused-ring (bicyclic) bond motifs is 1. The zero-order valence-electron chi connectivity index (χ0n) is 13.4. The normalized spacial score (nSPS) is 16.3. The number of esters is 1. The molecular formula is C18H14F3NO4. The largest absolute Gasteiger partial charge is 0.478 e. The monoisotopic (exact) mass is 365 g/mol. The standard InChI is InChI=1S/C18H14F3NO4/c19-18(20,21)12-6-2-1-5-11(12)10-25-16(23)9-15-17(24)22-13-7-3-4-8-14(13)26-15/h1-8,15H,9-10H2,(H,22,24)/t15-/m1/s1. The summed E-state index contributed by atoms with van der Waals surface area (Å²) in [6.45, 7) is -0.542. The van der Waals surface area contributed by atoms with Crippen LogP contribution >= 0.6 is 0 Å². The van der Waals surface area contributed by atoms with Crippen molar-refractivity contribution in [1.82, 2.24) is 0 Å². The fourth-order valence-electron chi connectivity index (χ4n) is 2.52. The minimum absolute atomic E-state index is 0.160. The van der Waals surface area contributed by atoms with E-state index in [0.717, 1.165) is 6.07 Å². The van der Waals surface area contributed by atoms with Crippen LogP contribution in [0, 0.1) is 0 Å². The molecule has 2 aromatic carbocycles. The number of benzene rings is 2. The van der Waals surface area contributed by atoms with Gasteiger partial charge in [-0.25, -0.2) is 0 Å². The van der Waals surface area contributed by atoms with Crippen molar-refractivity contribution in [2.45, 2.75) is 25.3 Å². The Kier molecular flexibility index (Phi) is 4.83. The first-order valence-corrected chi connectivity index (χ1v) is 7.72. The topological polar surface area (TPSA) is 64.6 Å². The molecule has 3 rings (SSSR count). The lowest BCUT2D eigenvalue weighted by Crippen LogP contribution is -2.38. The molecule has 1 heterocycles. The van der Waals surface area contributed by atoms with Gasteiger partial charge in [0.05, 0.1) is 17.7 Å². The molecular weight excluding hydrogens is 351 g/mol. The average molecular weight is 365 g/mol. The third-order valence-electron chi connectivity index (χ3n) is 3.77. The van der Waals surface area contributed by atoms with Crippen molar-refractivity contribution in [2.75, 3.05) is 5.32 Å². The Morgan fingerprint density at radius 2 is 1.81 bits per heavy atom. The fraction of sp³-hybridized carbons (Fsp3) is 0.222. The molecule has 0 aliphatic carbocycles. The molecule has 0 bridgehead atoms. The van der Waals surface area contributed by atoms with Crippen LogP contribution in [0.25, 0.3) is 0 Å². The van der Waals surface area contributed by atoms with Gasteiger partial charge in [-0.3, -0.25) is 9.59 Å². The quantitative estimate of drug-likeness (QED) is 0.842. The Bertz CT molecular complexity index is 835. The van der Waals surface area contributed by atoms with Crippen LogP contribution in [0.4, 0.5) is 18.9 Å². The number of carbonyl (C=O) groups excluding carboxylic acids is 2. The molecule has 1 aliphatic rings. The summed E-state index contributed by atoms with van der Waals surface area (Å²) >= 11 is 0. The molecule has 0 saturated carbocycles. The maximum Gasteiger partial charge on any atom is 0.416 e. The zero-order chi connectivity index (χ0) is 18.7. The van der Waals surface area contributed by atoms with E-state index in [1.807, 2.05) is 0 Å². The smallest absolute Gasteiger partial charge is 0.416 e. The highest BCUT2D eigenvalue weighted by atomic mass is 19.4. The first kappa shape index (κ1) is 17.8. The Hall–Kier alpha value is -3.03. The van der Waals surface area contributed by atoms with Crippen molar-refractivity contribution in [1.29, 1.82) is 0 Å². The molecule has 1 atom stereocenters. The summed E-state index contributed by atoms with van der Waals surface area (Å²) in [6.07, 6.45) is -6.05. The van der Waals surface area contributed by atoms with Gasteiger partial charge in [0.1, 0.15) is 12.4 Å². The number of ether oxygens (including phenoxy) is 2. The van der Waals surface area contributed by atoms with Gasteiger partial charge in [0.2, 0.25) is 0 Å². The first-order chi connectivity index (χ1) is 12.3. The predicted molar refractivity (Wildman–Crippen MR) is 85.3 cm³/mol. The van der Waals surface area contributed by atoms with E-state index < -0.39 is 42.7 Å². The molecule has 0 radical (unpaired) electrons. The van der Waals surface area contributed by atoms with Crippen LogP contribution in [0.5, 0.6) is 5.75 Å². The highest BCUT2D eigenvalue weighted by molar-refractivity contribution is 5.99. The summed E-state index contributed by atoms with van der Waals surface area (Å²) in [4.78, 5) is 23.9. The number of para-hydroxylation sites is 2. The second-order valence-corrected chi connectivity index (χ2v) is 5.61. The van der Waals surface area contributed by atoms with Crippen molar-refractivity contribution in [3.8, 4) is 5.75 Å². The number of carbonyl (C=O) groups is 2. The van der Waals surface area contributed by atoms with Gasteiger partial charge in [0, 0.05) is 5.56 Å². The number of nitrogens with one attached hydrogen (secondary N) is 1. The van der Waals surface area contributed by atoms with Crippen LogP contribution in [-0.2, 0) is 27.1 Å². The highest BCUT2D eigenvalue weighted by Gasteiger charge is 2.34. The second-order valence-electron chi connectivity index (χ2n) is 5.61. The molecule has 1 amide bonds. The summed E-state index contributed by atoms with van der Waals surface area (Å²) < 4.78 is 49.1. The van der Waals surface area contributed by atoms with Gasteiger partial charge in [0.25, 0.3) is 5.91 Å². The summed E-state index contributed by atoms with van der Waals surface area (Å²) in [5.74, 6) is -0.940. The molecule has 136 valence electrons. The highest BCUT2D eigenvalue weighted by Crippen LogP contribution is 2.32. The van der Waals surface area contributed by atoms with E-state index in [-0.39, 0.29) is 5.56 Å². The number of halogens is 3. The van der Waals surface area contributed by atoms with Gasteiger partial charge in [0.15, 0.2) is 6.10 Å². The van der Waals surface area contributed by atoms with Gasteiger partial charge < -0.3 is 14.8 Å². The van der Waals surface area contributed by atoms with E-state index in [9.17, 15) is 22.8 Å². The van der Waals surface area contributed by atoms with E-state index in [4.69, 9.17) is 9.47 Å².